The minimum Gasteiger partial charge on any atom is -0.493 e. The van der Waals surface area contributed by atoms with Crippen molar-refractivity contribution in [2.75, 3.05) is 32.5 Å². The van der Waals surface area contributed by atoms with E-state index in [4.69, 9.17) is 4.74 Å². The van der Waals surface area contributed by atoms with Gasteiger partial charge in [-0.15, -0.1) is 0 Å². The Morgan fingerprint density at radius 2 is 2.22 bits per heavy atom. The molecule has 1 aromatic rings. The smallest absolute Gasteiger partial charge is 0.211 e. The van der Waals surface area contributed by atoms with Crippen molar-refractivity contribution in [2.45, 2.75) is 25.3 Å². The Morgan fingerprint density at radius 1 is 1.39 bits per heavy atom. The summed E-state index contributed by atoms with van der Waals surface area (Å²) in [4.78, 5) is 0. The number of benzene rings is 1. The summed E-state index contributed by atoms with van der Waals surface area (Å²) in [6.07, 6.45) is 3.91. The van der Waals surface area contributed by atoms with Crippen molar-refractivity contribution >= 4 is 10.0 Å². The van der Waals surface area contributed by atoms with Crippen LogP contribution in [0.5, 0.6) is 5.75 Å². The van der Waals surface area contributed by atoms with Crippen molar-refractivity contribution in [3.63, 3.8) is 0 Å². The van der Waals surface area contributed by atoms with Gasteiger partial charge in [-0.3, -0.25) is 0 Å². The molecule has 2 aliphatic heterocycles. The number of nitrogens with zero attached hydrogens (tertiary/aromatic N) is 1. The highest BCUT2D eigenvalue weighted by Crippen LogP contribution is 2.32. The average molecular weight is 342 g/mol. The van der Waals surface area contributed by atoms with Crippen LogP contribution in [0.4, 0.5) is 4.39 Å². The molecular weight excluding hydrogens is 319 g/mol. The summed E-state index contributed by atoms with van der Waals surface area (Å²) in [5, 5.41) is 3.49. The summed E-state index contributed by atoms with van der Waals surface area (Å²) in [6, 6.07) is 4.69. The third-order valence-electron chi connectivity index (χ3n) is 4.61. The van der Waals surface area contributed by atoms with E-state index in [1.54, 1.807) is 6.07 Å². The minimum atomic E-state index is -3.10. The van der Waals surface area contributed by atoms with Gasteiger partial charge < -0.3 is 10.1 Å². The number of hydrogen-bond donors (Lipinski definition) is 1. The normalized spacial score (nSPS) is 25.7. The van der Waals surface area contributed by atoms with Gasteiger partial charge in [0, 0.05) is 24.7 Å². The van der Waals surface area contributed by atoms with E-state index in [-0.39, 0.29) is 11.9 Å². The van der Waals surface area contributed by atoms with Gasteiger partial charge in [-0.1, -0.05) is 0 Å². The van der Waals surface area contributed by atoms with Gasteiger partial charge in [0.25, 0.3) is 0 Å². The summed E-state index contributed by atoms with van der Waals surface area (Å²) < 4.78 is 43.9. The fourth-order valence-electron chi connectivity index (χ4n) is 3.33. The van der Waals surface area contributed by atoms with E-state index in [2.05, 4.69) is 5.32 Å². The molecule has 2 atom stereocenters. The van der Waals surface area contributed by atoms with Crippen LogP contribution in [0.25, 0.3) is 0 Å². The molecule has 23 heavy (non-hydrogen) atoms. The predicted molar refractivity (Wildman–Crippen MR) is 86.4 cm³/mol. The van der Waals surface area contributed by atoms with E-state index in [9.17, 15) is 12.8 Å². The predicted octanol–water partition coefficient (Wildman–Crippen LogP) is 1.91. The molecule has 0 bridgehead atoms. The molecule has 0 radical (unpaired) electrons. The summed E-state index contributed by atoms with van der Waals surface area (Å²) in [5.41, 5.74) is 0.862. The molecule has 2 aliphatic rings. The van der Waals surface area contributed by atoms with Crippen LogP contribution in [0.2, 0.25) is 0 Å². The molecule has 3 rings (SSSR count). The van der Waals surface area contributed by atoms with Crippen LogP contribution in [0.1, 0.15) is 30.9 Å². The van der Waals surface area contributed by atoms with Crippen LogP contribution in [0.15, 0.2) is 18.2 Å². The zero-order valence-electron chi connectivity index (χ0n) is 13.3. The van der Waals surface area contributed by atoms with Crippen molar-refractivity contribution in [3.8, 4) is 5.75 Å². The van der Waals surface area contributed by atoms with E-state index < -0.39 is 10.0 Å². The van der Waals surface area contributed by atoms with Gasteiger partial charge in [0.2, 0.25) is 10.0 Å². The molecule has 1 fully saturated rings. The van der Waals surface area contributed by atoms with Crippen molar-refractivity contribution < 1.29 is 17.5 Å². The van der Waals surface area contributed by atoms with Gasteiger partial charge in [-0.05, 0) is 49.9 Å². The van der Waals surface area contributed by atoms with Crippen molar-refractivity contribution in [2.24, 2.45) is 5.92 Å². The van der Waals surface area contributed by atoms with Crippen LogP contribution in [-0.2, 0) is 10.0 Å². The fourth-order valence-corrected chi connectivity index (χ4v) is 4.25. The van der Waals surface area contributed by atoms with Gasteiger partial charge in [0.05, 0.1) is 12.9 Å². The first kappa shape index (κ1) is 16.7. The molecule has 0 saturated carbocycles. The van der Waals surface area contributed by atoms with Crippen LogP contribution in [0.3, 0.4) is 0 Å². The first-order chi connectivity index (χ1) is 10.9. The lowest BCUT2D eigenvalue weighted by Crippen LogP contribution is -2.31. The zero-order valence-corrected chi connectivity index (χ0v) is 14.1. The number of nitrogens with one attached hydrogen (secondary N) is 1. The van der Waals surface area contributed by atoms with E-state index in [0.29, 0.717) is 25.6 Å². The SMILES string of the molecule is CS(=O)(=O)N1CC[C@@H](CN[C@@H]2CCCOc3ccc(F)cc32)C1. The topological polar surface area (TPSA) is 58.6 Å². The summed E-state index contributed by atoms with van der Waals surface area (Å²) >= 11 is 0. The molecular formula is C16H23FN2O3S. The molecule has 2 heterocycles. The summed E-state index contributed by atoms with van der Waals surface area (Å²) in [6.45, 7) is 2.52. The maximum Gasteiger partial charge on any atom is 0.211 e. The maximum atomic E-state index is 13.6. The fraction of sp³-hybridized carbons (Fsp3) is 0.625. The Kier molecular flexibility index (Phi) is 4.89. The van der Waals surface area contributed by atoms with Gasteiger partial charge in [0.15, 0.2) is 0 Å². The summed E-state index contributed by atoms with van der Waals surface area (Å²) in [5.74, 6) is 0.779. The first-order valence-electron chi connectivity index (χ1n) is 8.04. The highest BCUT2D eigenvalue weighted by atomic mass is 32.2. The second-order valence-corrected chi connectivity index (χ2v) is 8.39. The molecule has 5 nitrogen and oxygen atoms in total. The molecule has 1 N–H and O–H groups in total. The average Bonchev–Trinajstić information content (AvgIpc) is 2.88. The van der Waals surface area contributed by atoms with Crippen molar-refractivity contribution in [3.05, 3.63) is 29.6 Å². The lowest BCUT2D eigenvalue weighted by molar-refractivity contribution is 0.314. The number of halogens is 1. The van der Waals surface area contributed by atoms with Crippen LogP contribution in [0, 0.1) is 11.7 Å². The first-order valence-corrected chi connectivity index (χ1v) is 9.89. The van der Waals surface area contributed by atoms with Crippen LogP contribution >= 0.6 is 0 Å². The highest BCUT2D eigenvalue weighted by Gasteiger charge is 2.29. The minimum absolute atomic E-state index is 0.0514. The lowest BCUT2D eigenvalue weighted by atomic mass is 10.0. The van der Waals surface area contributed by atoms with Crippen molar-refractivity contribution in [1.82, 2.24) is 9.62 Å². The lowest BCUT2D eigenvalue weighted by Gasteiger charge is -2.21. The van der Waals surface area contributed by atoms with Crippen LogP contribution < -0.4 is 10.1 Å². The maximum absolute atomic E-state index is 13.6. The quantitative estimate of drug-likeness (QED) is 0.908. The number of sulfonamides is 1. The Labute approximate surface area is 136 Å². The largest absolute Gasteiger partial charge is 0.493 e. The third-order valence-corrected chi connectivity index (χ3v) is 5.88. The molecule has 0 aliphatic carbocycles. The number of rotatable bonds is 4. The van der Waals surface area contributed by atoms with Crippen LogP contribution in [-0.4, -0.2) is 45.2 Å². The zero-order chi connectivity index (χ0) is 16.4. The van der Waals surface area contributed by atoms with Gasteiger partial charge in [-0.25, -0.2) is 17.1 Å². The molecule has 0 unspecified atom stereocenters. The molecule has 1 aromatic carbocycles. The van der Waals surface area contributed by atoms with Gasteiger partial charge in [0.1, 0.15) is 11.6 Å². The number of fused-ring (bicyclic) bond motifs is 1. The summed E-state index contributed by atoms with van der Waals surface area (Å²) in [7, 11) is -3.10. The number of hydrogen-bond acceptors (Lipinski definition) is 4. The Bertz CT molecular complexity index is 665. The molecule has 0 spiro atoms. The standard InChI is InChI=1S/C16H23FN2O3S/c1-23(20,21)19-7-6-12(11-19)10-18-15-3-2-8-22-16-5-4-13(17)9-14(15)16/h4-5,9,12,15,18H,2-3,6-8,10-11H2,1H3/t12-,15+/m0/s1. The van der Waals surface area contributed by atoms with Crippen molar-refractivity contribution in [1.29, 1.82) is 0 Å². The molecule has 1 saturated heterocycles. The molecule has 0 amide bonds. The van der Waals surface area contributed by atoms with Gasteiger partial charge in [-0.2, -0.15) is 0 Å². The van der Waals surface area contributed by atoms with Gasteiger partial charge >= 0.3 is 0 Å². The van der Waals surface area contributed by atoms with E-state index in [0.717, 1.165) is 37.1 Å². The number of ether oxygens (including phenoxy) is 1. The monoisotopic (exact) mass is 342 g/mol. The second kappa shape index (κ2) is 6.75. The molecule has 0 aromatic heterocycles. The van der Waals surface area contributed by atoms with E-state index >= 15 is 0 Å². The third kappa shape index (κ3) is 4.02. The second-order valence-electron chi connectivity index (χ2n) is 6.41. The highest BCUT2D eigenvalue weighted by molar-refractivity contribution is 7.88. The van der Waals surface area contributed by atoms with E-state index in [1.807, 2.05) is 0 Å². The Hall–Kier alpha value is -1.18. The Morgan fingerprint density at radius 3 is 2.96 bits per heavy atom. The Balaban J connectivity index is 1.64. The molecule has 7 heteroatoms. The molecule has 128 valence electrons. The van der Waals surface area contributed by atoms with E-state index in [1.165, 1.54) is 22.7 Å².